The number of benzene rings is 2. The number of nitrogens with one attached hydrogen (secondary N) is 1. The van der Waals surface area contributed by atoms with Gasteiger partial charge in [0, 0.05) is 37.3 Å². The van der Waals surface area contributed by atoms with Crippen molar-refractivity contribution in [1.82, 2.24) is 4.90 Å². The molecule has 8 nitrogen and oxygen atoms in total. The number of carbonyl (C=O) groups excluding carboxylic acids is 1. The summed E-state index contributed by atoms with van der Waals surface area (Å²) >= 11 is -0.750. The van der Waals surface area contributed by atoms with Gasteiger partial charge in [-0.3, -0.25) is 4.79 Å². The third-order valence-electron chi connectivity index (χ3n) is 4.63. The van der Waals surface area contributed by atoms with Crippen LogP contribution in [0.15, 0.2) is 46.9 Å². The number of likely N-dealkylation sites (N-methyl/N-ethyl adjacent to an activating group) is 1. The van der Waals surface area contributed by atoms with E-state index in [2.05, 4.69) is 5.32 Å². The van der Waals surface area contributed by atoms with Crippen LogP contribution in [0, 0.1) is 13.8 Å². The summed E-state index contributed by atoms with van der Waals surface area (Å²) in [6.07, 6.45) is -0.356. The number of methoxy groups -OCH3 is 1. The van der Waals surface area contributed by atoms with Gasteiger partial charge in [-0.05, 0) is 46.1 Å². The summed E-state index contributed by atoms with van der Waals surface area (Å²) < 4.78 is 27.0. The maximum absolute atomic E-state index is 12.8. The Morgan fingerprint density at radius 3 is 2.27 bits per heavy atom. The molecule has 1 unspecified atom stereocenters. The highest BCUT2D eigenvalue weighted by atomic mass is 32.1. The highest BCUT2D eigenvalue weighted by molar-refractivity contribution is 7.51. The first-order chi connectivity index (χ1) is 15.7. The lowest BCUT2D eigenvalue weighted by atomic mass is 9.99. The topological polar surface area (TPSA) is 109 Å². The van der Waals surface area contributed by atoms with Crippen molar-refractivity contribution in [2.75, 3.05) is 46.7 Å². The minimum absolute atomic E-state index is 0.000460. The Hall–Kier alpha value is -2.85. The first-order valence-electron chi connectivity index (χ1n) is 10.2. The lowest BCUT2D eigenvalue weighted by molar-refractivity contribution is 0.0479. The number of fused-ring (bicyclic) bond motifs is 1. The standard InChI is InChI=1S/C18H17NO2.C6H15NO2.O2S/c1-11-4-6-13(7-5-11)18(20)17-12(2)21-16-9-8-14(19-3)10-15(16)17;1-7(2)4-6(8)5-9-3;1-3-2/h4-10,19H,1-3H3;6,8H,4-5H2,1-3H3;. The van der Waals surface area contributed by atoms with Gasteiger partial charge >= 0.3 is 11.6 Å². The van der Waals surface area contributed by atoms with Crippen LogP contribution in [-0.4, -0.2) is 71.7 Å². The molecule has 0 saturated heterocycles. The number of hydrogen-bond acceptors (Lipinski definition) is 8. The van der Waals surface area contributed by atoms with Crippen molar-refractivity contribution in [2.45, 2.75) is 20.0 Å². The molecule has 0 fully saturated rings. The lowest BCUT2D eigenvalue weighted by Crippen LogP contribution is -2.29. The zero-order valence-electron chi connectivity index (χ0n) is 19.9. The van der Waals surface area contributed by atoms with Gasteiger partial charge in [0.05, 0.1) is 18.3 Å². The van der Waals surface area contributed by atoms with Crippen molar-refractivity contribution in [2.24, 2.45) is 0 Å². The summed E-state index contributed by atoms with van der Waals surface area (Å²) in [5, 5.41) is 13.0. The molecule has 3 rings (SSSR count). The largest absolute Gasteiger partial charge is 0.461 e. The second kappa shape index (κ2) is 14.3. The average molecular weight is 477 g/mol. The molecule has 0 bridgehead atoms. The number of rotatable bonds is 7. The number of nitrogens with zero attached hydrogens (tertiary/aromatic N) is 1. The molecule has 2 aromatic carbocycles. The molecule has 0 aliphatic rings. The van der Waals surface area contributed by atoms with Crippen LogP contribution < -0.4 is 5.32 Å². The fourth-order valence-electron chi connectivity index (χ4n) is 3.17. The van der Waals surface area contributed by atoms with Crippen molar-refractivity contribution in [1.29, 1.82) is 0 Å². The van der Waals surface area contributed by atoms with E-state index < -0.39 is 11.6 Å². The highest BCUT2D eigenvalue weighted by Crippen LogP contribution is 2.30. The molecule has 9 heteroatoms. The van der Waals surface area contributed by atoms with Gasteiger partial charge in [0.25, 0.3) is 0 Å². The van der Waals surface area contributed by atoms with Crippen LogP contribution >= 0.6 is 0 Å². The van der Waals surface area contributed by atoms with Gasteiger partial charge in [-0.1, -0.05) is 29.8 Å². The van der Waals surface area contributed by atoms with Gasteiger partial charge in [-0.25, -0.2) is 0 Å². The molecule has 0 amide bonds. The van der Waals surface area contributed by atoms with Crippen molar-refractivity contribution in [3.63, 3.8) is 0 Å². The van der Waals surface area contributed by atoms with E-state index in [4.69, 9.17) is 22.7 Å². The third kappa shape index (κ3) is 8.89. The second-order valence-corrected chi connectivity index (χ2v) is 7.76. The zero-order chi connectivity index (χ0) is 25.0. The molecule has 0 radical (unpaired) electrons. The van der Waals surface area contributed by atoms with Gasteiger partial charge in [-0.2, -0.15) is 8.42 Å². The van der Waals surface area contributed by atoms with Crippen molar-refractivity contribution >= 4 is 34.0 Å². The molecule has 1 atom stereocenters. The maximum Gasteiger partial charge on any atom is 0.335 e. The Bertz CT molecular complexity index is 1060. The molecular formula is C24H32N2O6S. The van der Waals surface area contributed by atoms with Crippen LogP contribution in [0.1, 0.15) is 27.2 Å². The van der Waals surface area contributed by atoms with E-state index in [-0.39, 0.29) is 11.9 Å². The smallest absolute Gasteiger partial charge is 0.335 e. The van der Waals surface area contributed by atoms with E-state index in [1.807, 2.05) is 82.4 Å². The SMILES string of the molecule is CNc1ccc2oc(C)c(C(=O)c3ccc(C)cc3)c2c1.COCC(O)CN(C)C.O=S=O. The van der Waals surface area contributed by atoms with Crippen molar-refractivity contribution in [3.05, 3.63) is 64.9 Å². The second-order valence-electron chi connectivity index (χ2n) is 7.63. The molecule has 0 aliphatic carbocycles. The number of hydrogen-bond donors (Lipinski definition) is 2. The molecule has 0 saturated carbocycles. The van der Waals surface area contributed by atoms with Gasteiger partial charge in [0.1, 0.15) is 11.3 Å². The summed E-state index contributed by atoms with van der Waals surface area (Å²) in [6, 6.07) is 13.4. The lowest BCUT2D eigenvalue weighted by Gasteiger charge is -2.14. The molecule has 1 aromatic heterocycles. The van der Waals surface area contributed by atoms with Crippen LogP contribution in [0.2, 0.25) is 0 Å². The number of carbonyl (C=O) groups is 1. The molecule has 0 aliphatic heterocycles. The number of aliphatic hydroxyl groups excluding tert-OH is 1. The van der Waals surface area contributed by atoms with Crippen LogP contribution in [0.25, 0.3) is 11.0 Å². The summed E-state index contributed by atoms with van der Waals surface area (Å²) in [6.45, 7) is 4.92. The number of furan rings is 1. The van der Waals surface area contributed by atoms with Crippen LogP contribution in [0.3, 0.4) is 0 Å². The predicted octanol–water partition coefficient (Wildman–Crippen LogP) is 3.21. The molecule has 33 heavy (non-hydrogen) atoms. The fourth-order valence-corrected chi connectivity index (χ4v) is 3.17. The first-order valence-corrected chi connectivity index (χ1v) is 10.9. The molecule has 3 aromatic rings. The van der Waals surface area contributed by atoms with Crippen molar-refractivity contribution in [3.8, 4) is 0 Å². The minimum atomic E-state index is -0.750. The van der Waals surface area contributed by atoms with E-state index in [9.17, 15) is 4.79 Å². The fraction of sp³-hybridized carbons (Fsp3) is 0.375. The average Bonchev–Trinajstić information content (AvgIpc) is 3.09. The number of ether oxygens (including phenoxy) is 1. The van der Waals surface area contributed by atoms with Gasteiger partial charge in [0.2, 0.25) is 0 Å². The summed E-state index contributed by atoms with van der Waals surface area (Å²) in [5.41, 5.74) is 4.16. The summed E-state index contributed by atoms with van der Waals surface area (Å²) in [4.78, 5) is 14.7. The Morgan fingerprint density at radius 2 is 1.76 bits per heavy atom. The van der Waals surface area contributed by atoms with E-state index in [1.54, 1.807) is 7.11 Å². The molecule has 180 valence electrons. The number of anilines is 1. The van der Waals surface area contributed by atoms with E-state index in [1.165, 1.54) is 0 Å². The summed E-state index contributed by atoms with van der Waals surface area (Å²) in [5.74, 6) is 0.656. The van der Waals surface area contributed by atoms with Crippen LogP contribution in [-0.2, 0) is 16.3 Å². The minimum Gasteiger partial charge on any atom is -0.461 e. The Morgan fingerprint density at radius 1 is 1.15 bits per heavy atom. The molecular weight excluding hydrogens is 444 g/mol. The number of aliphatic hydroxyl groups is 1. The molecule has 2 N–H and O–H groups in total. The van der Waals surface area contributed by atoms with Gasteiger partial charge in [0.15, 0.2) is 5.78 Å². The normalized spacial score (nSPS) is 11.2. The Kier molecular flexibility index (Phi) is 12.2. The Balaban J connectivity index is 0.000000382. The van der Waals surface area contributed by atoms with Crippen molar-refractivity contribution < 1.29 is 27.5 Å². The summed E-state index contributed by atoms with van der Waals surface area (Å²) in [7, 11) is 7.27. The van der Waals surface area contributed by atoms with Crippen LogP contribution in [0.5, 0.6) is 0 Å². The van der Waals surface area contributed by atoms with Gasteiger partial charge < -0.3 is 24.5 Å². The van der Waals surface area contributed by atoms with E-state index in [0.717, 1.165) is 22.2 Å². The van der Waals surface area contributed by atoms with E-state index >= 15 is 0 Å². The monoisotopic (exact) mass is 476 g/mol. The maximum atomic E-state index is 12.8. The zero-order valence-corrected chi connectivity index (χ0v) is 20.7. The number of aryl methyl sites for hydroxylation is 2. The highest BCUT2D eigenvalue weighted by Gasteiger charge is 2.19. The molecule has 0 spiro atoms. The quantitative estimate of drug-likeness (QED) is 0.501. The third-order valence-corrected chi connectivity index (χ3v) is 4.63. The molecule has 1 heterocycles. The van der Waals surface area contributed by atoms with Gasteiger partial charge in [-0.15, -0.1) is 0 Å². The van der Waals surface area contributed by atoms with Crippen LogP contribution in [0.4, 0.5) is 5.69 Å². The number of ketones is 1. The predicted molar refractivity (Wildman–Crippen MR) is 130 cm³/mol. The Labute approximate surface area is 198 Å². The van der Waals surface area contributed by atoms with E-state index in [0.29, 0.717) is 30.0 Å². The first kappa shape index (κ1) is 28.2.